The van der Waals surface area contributed by atoms with Crippen molar-refractivity contribution < 1.29 is 14.3 Å². The highest BCUT2D eigenvalue weighted by molar-refractivity contribution is 9.09. The maximum Gasteiger partial charge on any atom is 0.340 e. The molecule has 0 saturated heterocycles. The molecule has 1 rings (SSSR count). The number of benzene rings is 1. The zero-order chi connectivity index (χ0) is 16.5. The van der Waals surface area contributed by atoms with Crippen LogP contribution in [0.5, 0.6) is 0 Å². The molecular formula is C15H22BrN3O3. The number of carbonyl (C=O) groups is 2. The van der Waals surface area contributed by atoms with Gasteiger partial charge in [-0.3, -0.25) is 4.79 Å². The Balaban J connectivity index is 2.73. The van der Waals surface area contributed by atoms with E-state index < -0.39 is 5.97 Å². The normalized spacial score (nSPS) is 10.5. The number of ether oxygens (including phenoxy) is 1. The predicted octanol–water partition coefficient (Wildman–Crippen LogP) is 2.10. The van der Waals surface area contributed by atoms with E-state index in [0.717, 1.165) is 13.1 Å². The van der Waals surface area contributed by atoms with Gasteiger partial charge < -0.3 is 20.7 Å². The lowest BCUT2D eigenvalue weighted by atomic mass is 10.1. The minimum atomic E-state index is -0.475. The molecule has 3 N–H and O–H groups in total. The Labute approximate surface area is 139 Å². The lowest BCUT2D eigenvalue weighted by Crippen LogP contribution is -2.28. The Kier molecular flexibility index (Phi) is 7.90. The summed E-state index contributed by atoms with van der Waals surface area (Å²) < 4.78 is 5.27. The lowest BCUT2D eigenvalue weighted by Gasteiger charge is -2.18. The van der Waals surface area contributed by atoms with Crippen LogP contribution >= 0.6 is 15.9 Å². The summed E-state index contributed by atoms with van der Waals surface area (Å²) >= 11 is 3.06. The second-order valence-corrected chi connectivity index (χ2v) is 5.21. The van der Waals surface area contributed by atoms with Crippen molar-refractivity contribution in [3.05, 3.63) is 23.8 Å². The van der Waals surface area contributed by atoms with Crippen LogP contribution in [0, 0.1) is 0 Å². The largest absolute Gasteiger partial charge is 0.461 e. The number of carbonyl (C=O) groups excluding carboxylic acids is 2. The number of anilines is 2. The van der Waals surface area contributed by atoms with Gasteiger partial charge in [0.05, 0.1) is 16.6 Å². The van der Waals surface area contributed by atoms with Gasteiger partial charge in [0.15, 0.2) is 0 Å². The number of hydrogen-bond acceptors (Lipinski definition) is 5. The maximum atomic E-state index is 12.2. The number of nitrogens with one attached hydrogen (secondary N) is 1. The van der Waals surface area contributed by atoms with Crippen LogP contribution in [-0.2, 0) is 9.53 Å². The standard InChI is InChI=1S/C15H22BrN3O3/c1-3-19(4-2)7-8-22-15(21)12-6-5-11(17)9-13(12)18-14(20)10-16/h5-6,9H,3-4,7-8,10,17H2,1-2H3,(H,18,20). The second kappa shape index (κ2) is 9.42. The molecule has 0 aliphatic carbocycles. The van der Waals surface area contributed by atoms with Crippen LogP contribution in [0.2, 0.25) is 0 Å². The summed E-state index contributed by atoms with van der Waals surface area (Å²) in [5, 5.41) is 2.76. The number of alkyl halides is 1. The van der Waals surface area contributed by atoms with E-state index in [1.807, 2.05) is 0 Å². The minimum Gasteiger partial charge on any atom is -0.461 e. The number of hydrogen-bond donors (Lipinski definition) is 2. The van der Waals surface area contributed by atoms with Crippen LogP contribution in [0.15, 0.2) is 18.2 Å². The molecule has 122 valence electrons. The van der Waals surface area contributed by atoms with Crippen LogP contribution in [-0.4, -0.2) is 48.3 Å². The number of nitrogens with two attached hydrogens (primary N) is 1. The molecule has 0 aromatic heterocycles. The van der Waals surface area contributed by atoms with Crippen molar-refractivity contribution in [2.45, 2.75) is 13.8 Å². The summed E-state index contributed by atoms with van der Waals surface area (Å²) in [6.07, 6.45) is 0. The Morgan fingerprint density at radius 3 is 2.59 bits per heavy atom. The van der Waals surface area contributed by atoms with E-state index in [-0.39, 0.29) is 11.2 Å². The van der Waals surface area contributed by atoms with Crippen molar-refractivity contribution in [3.8, 4) is 0 Å². The molecule has 0 fully saturated rings. The van der Waals surface area contributed by atoms with Crippen LogP contribution < -0.4 is 11.1 Å². The van der Waals surface area contributed by atoms with Gasteiger partial charge in [-0.05, 0) is 31.3 Å². The first kappa shape index (κ1) is 18.4. The van der Waals surface area contributed by atoms with Crippen LogP contribution in [0.4, 0.5) is 11.4 Å². The fourth-order valence-corrected chi connectivity index (χ4v) is 2.05. The monoisotopic (exact) mass is 371 g/mol. The molecule has 0 atom stereocenters. The molecule has 22 heavy (non-hydrogen) atoms. The van der Waals surface area contributed by atoms with Crippen molar-refractivity contribution >= 4 is 39.2 Å². The number of nitrogen functional groups attached to an aromatic ring is 1. The van der Waals surface area contributed by atoms with Crippen LogP contribution in [0.25, 0.3) is 0 Å². The van der Waals surface area contributed by atoms with Crippen molar-refractivity contribution in [1.29, 1.82) is 0 Å². The van der Waals surface area contributed by atoms with Crippen molar-refractivity contribution in [2.75, 3.05) is 42.6 Å². The van der Waals surface area contributed by atoms with Gasteiger partial charge >= 0.3 is 5.97 Å². The maximum absolute atomic E-state index is 12.2. The number of rotatable bonds is 8. The molecule has 1 amide bonds. The first-order chi connectivity index (χ1) is 10.5. The fourth-order valence-electron chi connectivity index (χ4n) is 1.91. The molecule has 0 spiro atoms. The van der Waals surface area contributed by atoms with Crippen molar-refractivity contribution in [2.24, 2.45) is 0 Å². The third kappa shape index (κ3) is 5.65. The average molecular weight is 372 g/mol. The Morgan fingerprint density at radius 2 is 2.00 bits per heavy atom. The van der Waals surface area contributed by atoms with Gasteiger partial charge in [0.1, 0.15) is 6.61 Å². The van der Waals surface area contributed by atoms with E-state index in [2.05, 4.69) is 40.0 Å². The van der Waals surface area contributed by atoms with Gasteiger partial charge in [-0.1, -0.05) is 29.8 Å². The molecule has 6 nitrogen and oxygen atoms in total. The van der Waals surface area contributed by atoms with Gasteiger partial charge in [-0.15, -0.1) is 0 Å². The number of likely N-dealkylation sites (N-methyl/N-ethyl adjacent to an activating group) is 1. The smallest absolute Gasteiger partial charge is 0.340 e. The van der Waals surface area contributed by atoms with Crippen molar-refractivity contribution in [3.63, 3.8) is 0 Å². The van der Waals surface area contributed by atoms with Gasteiger partial charge in [-0.2, -0.15) is 0 Å². The summed E-state index contributed by atoms with van der Waals surface area (Å²) in [6, 6.07) is 4.70. The average Bonchev–Trinajstić information content (AvgIpc) is 2.51. The van der Waals surface area contributed by atoms with Crippen LogP contribution in [0.3, 0.4) is 0 Å². The van der Waals surface area contributed by atoms with E-state index in [1.165, 1.54) is 0 Å². The predicted molar refractivity (Wildman–Crippen MR) is 91.3 cm³/mol. The highest BCUT2D eigenvalue weighted by atomic mass is 79.9. The number of halogens is 1. The van der Waals surface area contributed by atoms with Gasteiger partial charge in [-0.25, -0.2) is 4.79 Å². The number of esters is 1. The van der Waals surface area contributed by atoms with Gasteiger partial charge in [0, 0.05) is 12.2 Å². The van der Waals surface area contributed by atoms with E-state index in [4.69, 9.17) is 10.5 Å². The third-order valence-corrected chi connectivity index (χ3v) is 3.70. The van der Waals surface area contributed by atoms with E-state index >= 15 is 0 Å². The molecule has 0 heterocycles. The molecule has 0 radical (unpaired) electrons. The van der Waals surface area contributed by atoms with Crippen molar-refractivity contribution in [1.82, 2.24) is 4.90 Å². The molecular weight excluding hydrogens is 350 g/mol. The molecule has 0 aliphatic rings. The highest BCUT2D eigenvalue weighted by Crippen LogP contribution is 2.20. The zero-order valence-electron chi connectivity index (χ0n) is 12.9. The summed E-state index contributed by atoms with van der Waals surface area (Å²) in [7, 11) is 0. The van der Waals surface area contributed by atoms with E-state index in [0.29, 0.717) is 30.1 Å². The molecule has 0 bridgehead atoms. The molecule has 7 heteroatoms. The fraction of sp³-hybridized carbons (Fsp3) is 0.467. The lowest BCUT2D eigenvalue weighted by molar-refractivity contribution is -0.113. The number of amides is 1. The van der Waals surface area contributed by atoms with Gasteiger partial charge in [0.25, 0.3) is 0 Å². The molecule has 0 aliphatic heterocycles. The molecule has 1 aromatic rings. The third-order valence-electron chi connectivity index (χ3n) is 3.19. The topological polar surface area (TPSA) is 84.7 Å². The SMILES string of the molecule is CCN(CC)CCOC(=O)c1ccc(N)cc1NC(=O)CBr. The number of nitrogens with zero attached hydrogens (tertiary/aromatic N) is 1. The summed E-state index contributed by atoms with van der Waals surface area (Å²) in [6.45, 7) is 6.90. The van der Waals surface area contributed by atoms with Gasteiger partial charge in [0.2, 0.25) is 5.91 Å². The van der Waals surface area contributed by atoms with E-state index in [9.17, 15) is 9.59 Å². The van der Waals surface area contributed by atoms with E-state index in [1.54, 1.807) is 18.2 Å². The highest BCUT2D eigenvalue weighted by Gasteiger charge is 2.15. The Morgan fingerprint density at radius 1 is 1.32 bits per heavy atom. The molecule has 0 unspecified atom stereocenters. The minimum absolute atomic E-state index is 0.137. The summed E-state index contributed by atoms with van der Waals surface area (Å²) in [5.74, 6) is -0.736. The second-order valence-electron chi connectivity index (χ2n) is 4.65. The first-order valence-electron chi connectivity index (χ1n) is 7.16. The first-order valence-corrected chi connectivity index (χ1v) is 8.28. The zero-order valence-corrected chi connectivity index (χ0v) is 14.5. The summed E-state index contributed by atoms with van der Waals surface area (Å²) in [4.78, 5) is 25.8. The Bertz CT molecular complexity index is 519. The summed E-state index contributed by atoms with van der Waals surface area (Å²) in [5.41, 5.74) is 6.81. The van der Waals surface area contributed by atoms with Crippen LogP contribution in [0.1, 0.15) is 24.2 Å². The quantitative estimate of drug-likeness (QED) is 0.415. The molecule has 1 aromatic carbocycles. The Hall–Kier alpha value is -1.60. The molecule has 0 saturated carbocycles.